The maximum Gasteiger partial charge on any atom is 0.242 e. The van der Waals surface area contributed by atoms with E-state index in [0.29, 0.717) is 21.8 Å². The molecule has 0 saturated heterocycles. The van der Waals surface area contributed by atoms with Crippen LogP contribution in [0.25, 0.3) is 0 Å². The molecule has 1 aromatic carbocycles. The highest BCUT2D eigenvalue weighted by molar-refractivity contribution is 9.11. The van der Waals surface area contributed by atoms with Crippen molar-refractivity contribution in [1.29, 1.82) is 0 Å². The van der Waals surface area contributed by atoms with Gasteiger partial charge in [-0.15, -0.1) is 0 Å². The standard InChI is InChI=1S/C12H15Br2NO3S/c13-8-5-6-9(14)12(7-8)19(17,18)15-10-3-1-2-4-11(10)16/h5-7,10-11,15-16H,1-4H2. The van der Waals surface area contributed by atoms with Crippen molar-refractivity contribution in [3.8, 4) is 0 Å². The molecule has 1 aliphatic carbocycles. The number of aliphatic hydroxyl groups excluding tert-OH is 1. The minimum absolute atomic E-state index is 0.180. The predicted octanol–water partition coefficient (Wildman–Crippen LogP) is 2.79. The average Bonchev–Trinajstić information content (AvgIpc) is 2.35. The van der Waals surface area contributed by atoms with Crippen LogP contribution < -0.4 is 4.72 Å². The minimum Gasteiger partial charge on any atom is -0.391 e. The van der Waals surface area contributed by atoms with Gasteiger partial charge in [-0.05, 0) is 47.0 Å². The van der Waals surface area contributed by atoms with Crippen molar-refractivity contribution in [2.45, 2.75) is 42.7 Å². The number of sulfonamides is 1. The maximum absolute atomic E-state index is 12.3. The first-order valence-electron chi connectivity index (χ1n) is 6.05. The summed E-state index contributed by atoms with van der Waals surface area (Å²) in [7, 11) is -3.63. The molecule has 4 nitrogen and oxygen atoms in total. The van der Waals surface area contributed by atoms with E-state index >= 15 is 0 Å². The molecule has 0 heterocycles. The summed E-state index contributed by atoms with van der Waals surface area (Å²) >= 11 is 6.51. The van der Waals surface area contributed by atoms with Gasteiger partial charge in [0, 0.05) is 15.0 Å². The molecular weight excluding hydrogens is 398 g/mol. The highest BCUT2D eigenvalue weighted by atomic mass is 79.9. The monoisotopic (exact) mass is 411 g/mol. The zero-order valence-electron chi connectivity index (χ0n) is 10.1. The molecule has 0 radical (unpaired) electrons. The zero-order chi connectivity index (χ0) is 14.0. The lowest BCUT2D eigenvalue weighted by Gasteiger charge is -2.28. The number of hydrogen-bond acceptors (Lipinski definition) is 3. The van der Waals surface area contributed by atoms with Crippen LogP contribution in [0.15, 0.2) is 32.0 Å². The molecule has 7 heteroatoms. The van der Waals surface area contributed by atoms with Gasteiger partial charge >= 0.3 is 0 Å². The number of nitrogens with one attached hydrogen (secondary N) is 1. The van der Waals surface area contributed by atoms with E-state index < -0.39 is 22.2 Å². The lowest BCUT2D eigenvalue weighted by Crippen LogP contribution is -2.45. The zero-order valence-corrected chi connectivity index (χ0v) is 14.1. The van der Waals surface area contributed by atoms with Gasteiger partial charge in [-0.25, -0.2) is 13.1 Å². The van der Waals surface area contributed by atoms with Crippen LogP contribution in [0.1, 0.15) is 25.7 Å². The summed E-state index contributed by atoms with van der Waals surface area (Å²) in [6, 6.07) is 4.58. The lowest BCUT2D eigenvalue weighted by atomic mass is 9.93. The number of rotatable bonds is 3. The van der Waals surface area contributed by atoms with Gasteiger partial charge in [-0.3, -0.25) is 0 Å². The third-order valence-corrected chi connectivity index (χ3v) is 6.20. The Morgan fingerprint density at radius 1 is 1.21 bits per heavy atom. The summed E-state index contributed by atoms with van der Waals surface area (Å²) in [6.07, 6.45) is 2.59. The highest BCUT2D eigenvalue weighted by Crippen LogP contribution is 2.27. The fraction of sp³-hybridized carbons (Fsp3) is 0.500. The van der Waals surface area contributed by atoms with E-state index in [1.165, 1.54) is 0 Å². The molecule has 2 atom stereocenters. The molecule has 0 spiro atoms. The van der Waals surface area contributed by atoms with Crippen molar-refractivity contribution in [3.63, 3.8) is 0 Å². The van der Waals surface area contributed by atoms with Crippen LogP contribution in [0.4, 0.5) is 0 Å². The van der Waals surface area contributed by atoms with Crippen LogP contribution in [0.5, 0.6) is 0 Å². The summed E-state index contributed by atoms with van der Waals surface area (Å²) in [5.74, 6) is 0. The molecule has 106 valence electrons. The summed E-state index contributed by atoms with van der Waals surface area (Å²) in [6.45, 7) is 0. The second-order valence-electron chi connectivity index (χ2n) is 4.65. The van der Waals surface area contributed by atoms with E-state index in [-0.39, 0.29) is 4.90 Å². The normalized spacial score (nSPS) is 24.4. The molecule has 0 amide bonds. The van der Waals surface area contributed by atoms with E-state index in [2.05, 4.69) is 36.6 Å². The second kappa shape index (κ2) is 6.22. The van der Waals surface area contributed by atoms with Gasteiger partial charge in [0.15, 0.2) is 0 Å². The first kappa shape index (κ1) is 15.4. The summed E-state index contributed by atoms with van der Waals surface area (Å²) in [4.78, 5) is 0.180. The Kier molecular flexibility index (Phi) is 5.05. The fourth-order valence-electron chi connectivity index (χ4n) is 2.19. The van der Waals surface area contributed by atoms with Crippen molar-refractivity contribution in [2.75, 3.05) is 0 Å². The first-order valence-corrected chi connectivity index (χ1v) is 9.12. The number of benzene rings is 1. The van der Waals surface area contributed by atoms with Gasteiger partial charge in [0.05, 0.1) is 11.0 Å². The van der Waals surface area contributed by atoms with Crippen LogP contribution in [0.3, 0.4) is 0 Å². The summed E-state index contributed by atoms with van der Waals surface area (Å²) in [5.41, 5.74) is 0. The topological polar surface area (TPSA) is 66.4 Å². The van der Waals surface area contributed by atoms with E-state index in [4.69, 9.17) is 0 Å². The van der Waals surface area contributed by atoms with Crippen LogP contribution >= 0.6 is 31.9 Å². The Hall–Kier alpha value is 0.0500. The van der Waals surface area contributed by atoms with E-state index in [9.17, 15) is 13.5 Å². The van der Waals surface area contributed by atoms with Gasteiger partial charge < -0.3 is 5.11 Å². The van der Waals surface area contributed by atoms with Gasteiger partial charge in [0.2, 0.25) is 10.0 Å². The Bertz CT molecular complexity index is 562. The molecule has 19 heavy (non-hydrogen) atoms. The first-order chi connectivity index (χ1) is 8.90. The van der Waals surface area contributed by atoms with Crippen molar-refractivity contribution >= 4 is 41.9 Å². The number of hydrogen-bond donors (Lipinski definition) is 2. The van der Waals surface area contributed by atoms with Crippen LogP contribution in [0.2, 0.25) is 0 Å². The predicted molar refractivity (Wildman–Crippen MR) is 80.4 cm³/mol. The van der Waals surface area contributed by atoms with Crippen LogP contribution in [-0.4, -0.2) is 25.7 Å². The van der Waals surface area contributed by atoms with Crippen molar-refractivity contribution in [2.24, 2.45) is 0 Å². The Balaban J connectivity index is 2.24. The van der Waals surface area contributed by atoms with Crippen molar-refractivity contribution < 1.29 is 13.5 Å². The largest absolute Gasteiger partial charge is 0.391 e. The highest BCUT2D eigenvalue weighted by Gasteiger charge is 2.29. The van der Waals surface area contributed by atoms with E-state index in [1.807, 2.05) is 0 Å². The Morgan fingerprint density at radius 2 is 1.89 bits per heavy atom. The molecule has 1 fully saturated rings. The molecule has 0 aliphatic heterocycles. The Morgan fingerprint density at radius 3 is 2.58 bits per heavy atom. The second-order valence-corrected chi connectivity index (χ2v) is 8.11. The average molecular weight is 413 g/mol. The minimum atomic E-state index is -3.63. The molecule has 1 aliphatic rings. The molecule has 1 saturated carbocycles. The molecule has 2 N–H and O–H groups in total. The smallest absolute Gasteiger partial charge is 0.242 e. The molecule has 2 unspecified atom stereocenters. The third-order valence-electron chi connectivity index (χ3n) is 3.22. The molecular formula is C12H15Br2NO3S. The molecule has 2 rings (SSSR count). The maximum atomic E-state index is 12.3. The summed E-state index contributed by atoms with van der Waals surface area (Å²) < 4.78 is 28.5. The Labute approximate surface area is 129 Å². The molecule has 0 bridgehead atoms. The van der Waals surface area contributed by atoms with E-state index in [1.54, 1.807) is 18.2 Å². The van der Waals surface area contributed by atoms with E-state index in [0.717, 1.165) is 12.8 Å². The van der Waals surface area contributed by atoms with Gasteiger partial charge in [0.1, 0.15) is 0 Å². The lowest BCUT2D eigenvalue weighted by molar-refractivity contribution is 0.101. The van der Waals surface area contributed by atoms with Crippen LogP contribution in [-0.2, 0) is 10.0 Å². The van der Waals surface area contributed by atoms with Gasteiger partial charge in [0.25, 0.3) is 0 Å². The SMILES string of the molecule is O=S(=O)(NC1CCCCC1O)c1cc(Br)ccc1Br. The summed E-state index contributed by atoms with van der Waals surface area (Å²) in [5, 5.41) is 9.86. The number of aliphatic hydroxyl groups is 1. The molecule has 1 aromatic rings. The van der Waals surface area contributed by atoms with Gasteiger partial charge in [-0.1, -0.05) is 28.8 Å². The molecule has 0 aromatic heterocycles. The van der Waals surface area contributed by atoms with Crippen LogP contribution in [0, 0.1) is 0 Å². The number of halogens is 2. The fourth-order valence-corrected chi connectivity index (χ4v) is 5.00. The van der Waals surface area contributed by atoms with Crippen molar-refractivity contribution in [3.05, 3.63) is 27.1 Å². The third kappa shape index (κ3) is 3.78. The van der Waals surface area contributed by atoms with Crippen molar-refractivity contribution in [1.82, 2.24) is 4.72 Å². The van der Waals surface area contributed by atoms with Gasteiger partial charge in [-0.2, -0.15) is 0 Å². The quantitative estimate of drug-likeness (QED) is 0.802.